The number of carbonyl (C=O) groups excluding carboxylic acids is 1. The predicted molar refractivity (Wildman–Crippen MR) is 328 cm³/mol. The minimum Gasteiger partial charge on any atom is -0.387 e. The molecule has 0 aliphatic heterocycles. The number of hydrogen-bond donors (Lipinski definition) is 3. The molecule has 0 aliphatic rings. The second-order valence-electron chi connectivity index (χ2n) is 24.2. The van der Waals surface area contributed by atoms with E-state index in [0.717, 1.165) is 38.5 Å². The molecule has 0 aromatic heterocycles. The molecule has 1 amide bonds. The fraction of sp³-hybridized carbons (Fsp3) is 0.924. The lowest BCUT2D eigenvalue weighted by Gasteiger charge is -2.25. The number of hydrogen-bond acceptors (Lipinski definition) is 5. The summed E-state index contributed by atoms with van der Waals surface area (Å²) in [5.74, 6) is -0.170. The average Bonchev–Trinajstić information content (AvgIpc) is 3.37. The third kappa shape index (κ3) is 60.5. The number of phosphoric ester groups is 1. The summed E-state index contributed by atoms with van der Waals surface area (Å²) < 4.78 is 23.7. The van der Waals surface area contributed by atoms with E-state index in [0.29, 0.717) is 17.4 Å². The topological polar surface area (TPSA) is 105 Å². The molecule has 0 radical (unpaired) electrons. The van der Waals surface area contributed by atoms with Crippen molar-refractivity contribution in [1.82, 2.24) is 5.32 Å². The lowest BCUT2D eigenvalue weighted by molar-refractivity contribution is -0.870. The van der Waals surface area contributed by atoms with Crippen molar-refractivity contribution in [3.63, 3.8) is 0 Å². The van der Waals surface area contributed by atoms with Crippen LogP contribution in [-0.2, 0) is 18.4 Å². The van der Waals surface area contributed by atoms with Gasteiger partial charge in [0.05, 0.1) is 39.9 Å². The van der Waals surface area contributed by atoms with Crippen LogP contribution in [0, 0.1) is 0 Å². The van der Waals surface area contributed by atoms with Crippen LogP contribution in [0.5, 0.6) is 0 Å². The normalized spacial score (nSPS) is 13.9. The number of aliphatic hydroxyl groups excluding tert-OH is 1. The van der Waals surface area contributed by atoms with E-state index in [9.17, 15) is 19.4 Å². The fourth-order valence-corrected chi connectivity index (χ4v) is 11.0. The monoisotopic (exact) mass is 1080 g/mol. The molecule has 0 saturated carbocycles. The summed E-state index contributed by atoms with van der Waals surface area (Å²) in [4.78, 5) is 23.3. The zero-order valence-electron chi connectivity index (χ0n) is 51.1. The van der Waals surface area contributed by atoms with Crippen LogP contribution in [0.4, 0.5) is 0 Å². The molecule has 0 spiro atoms. The predicted octanol–water partition coefficient (Wildman–Crippen LogP) is 20.7. The van der Waals surface area contributed by atoms with Gasteiger partial charge in [0.1, 0.15) is 13.2 Å². The first-order valence-corrected chi connectivity index (χ1v) is 34.7. The van der Waals surface area contributed by atoms with Crippen LogP contribution in [-0.4, -0.2) is 73.4 Å². The fourth-order valence-electron chi connectivity index (χ4n) is 10.2. The largest absolute Gasteiger partial charge is 0.472 e. The van der Waals surface area contributed by atoms with Crippen molar-refractivity contribution in [3.8, 4) is 0 Å². The molecule has 3 atom stereocenters. The maximum atomic E-state index is 13.0. The van der Waals surface area contributed by atoms with E-state index in [-0.39, 0.29) is 19.1 Å². The number of quaternary nitrogens is 1. The molecule has 446 valence electrons. The van der Waals surface area contributed by atoms with Gasteiger partial charge in [-0.2, -0.15) is 0 Å². The molecule has 75 heavy (non-hydrogen) atoms. The van der Waals surface area contributed by atoms with E-state index in [4.69, 9.17) is 9.05 Å². The number of aliphatic hydroxyl groups is 1. The Morgan fingerprint density at radius 3 is 1.03 bits per heavy atom. The van der Waals surface area contributed by atoms with Gasteiger partial charge in [0.2, 0.25) is 5.91 Å². The van der Waals surface area contributed by atoms with Crippen molar-refractivity contribution in [2.24, 2.45) is 0 Å². The molecule has 0 rings (SSSR count). The van der Waals surface area contributed by atoms with Crippen LogP contribution in [0.25, 0.3) is 0 Å². The van der Waals surface area contributed by atoms with E-state index in [2.05, 4.69) is 31.3 Å². The third-order valence-corrected chi connectivity index (χ3v) is 16.4. The Morgan fingerprint density at radius 2 is 0.720 bits per heavy atom. The highest BCUT2D eigenvalue weighted by atomic mass is 31.2. The number of likely N-dealkylation sites (N-methyl/N-ethyl adjacent to an activating group) is 1. The number of amides is 1. The SMILES string of the molecule is CCCCCCCCCC/C=C\CCCCCCCCCCCCCCCCCCCCCCCCCCCCCC(=O)NC(COP(=O)(O)OCC[N+](C)(C)C)C(O)/C=C/CCCCCCCCCCCCCC. The molecular formula is C66H132N2O6P+. The average molecular weight is 1080 g/mol. The smallest absolute Gasteiger partial charge is 0.387 e. The van der Waals surface area contributed by atoms with Crippen LogP contribution in [0.2, 0.25) is 0 Å². The molecule has 0 fully saturated rings. The van der Waals surface area contributed by atoms with Crippen molar-refractivity contribution < 1.29 is 32.9 Å². The molecule has 0 aromatic rings. The first-order valence-electron chi connectivity index (χ1n) is 33.2. The van der Waals surface area contributed by atoms with Gasteiger partial charge in [-0.15, -0.1) is 0 Å². The highest BCUT2D eigenvalue weighted by Gasteiger charge is 2.28. The van der Waals surface area contributed by atoms with Crippen LogP contribution in [0.3, 0.4) is 0 Å². The minimum atomic E-state index is -4.34. The van der Waals surface area contributed by atoms with Crippen LogP contribution >= 0.6 is 7.82 Å². The van der Waals surface area contributed by atoms with E-state index < -0.39 is 20.0 Å². The number of rotatable bonds is 62. The quantitative estimate of drug-likeness (QED) is 0.0243. The molecule has 0 aromatic carbocycles. The zero-order valence-corrected chi connectivity index (χ0v) is 52.0. The van der Waals surface area contributed by atoms with Crippen molar-refractivity contribution in [2.75, 3.05) is 40.9 Å². The number of nitrogens with one attached hydrogen (secondary N) is 1. The summed E-state index contributed by atoms with van der Waals surface area (Å²) in [5, 5.41) is 13.9. The first-order chi connectivity index (χ1) is 36.5. The molecular weight excluding hydrogens is 948 g/mol. The summed E-state index contributed by atoms with van der Waals surface area (Å²) in [6, 6.07) is -0.843. The molecule has 0 aliphatic carbocycles. The molecule has 0 bridgehead atoms. The standard InChI is InChI=1S/C66H131N2O6P/c1-6-8-10-12-14-16-18-20-22-23-24-25-26-27-28-29-30-31-32-33-34-35-36-37-38-39-40-41-42-43-44-45-46-48-50-52-54-56-58-60-66(70)67-64(63-74-75(71,72)73-62-61-68(3,4)5)65(69)59-57-55-53-51-49-47-21-19-17-15-13-11-9-7-2/h23-24,57,59,64-65,69H,6-22,25-56,58,60-63H2,1-5H3,(H-,67,70,71,72)/p+1/b24-23-,59-57+. The van der Waals surface area contributed by atoms with Gasteiger partial charge in [-0.25, -0.2) is 4.57 Å². The summed E-state index contributed by atoms with van der Waals surface area (Å²) >= 11 is 0. The van der Waals surface area contributed by atoms with Crippen molar-refractivity contribution in [3.05, 3.63) is 24.3 Å². The van der Waals surface area contributed by atoms with Gasteiger partial charge >= 0.3 is 7.82 Å². The van der Waals surface area contributed by atoms with Gasteiger partial charge < -0.3 is 19.8 Å². The summed E-state index contributed by atoms with van der Waals surface area (Å²) in [6.07, 6.45) is 74.8. The van der Waals surface area contributed by atoms with Gasteiger partial charge in [0.15, 0.2) is 0 Å². The first kappa shape index (κ1) is 74.0. The van der Waals surface area contributed by atoms with Crippen molar-refractivity contribution in [1.29, 1.82) is 0 Å². The Bertz CT molecular complexity index is 1270. The van der Waals surface area contributed by atoms with Crippen LogP contribution < -0.4 is 5.32 Å². The summed E-state index contributed by atoms with van der Waals surface area (Å²) in [6.45, 7) is 4.85. The number of carbonyl (C=O) groups is 1. The molecule has 3 unspecified atom stereocenters. The molecule has 9 heteroatoms. The van der Waals surface area contributed by atoms with E-state index >= 15 is 0 Å². The summed E-state index contributed by atoms with van der Waals surface area (Å²) in [7, 11) is 1.59. The summed E-state index contributed by atoms with van der Waals surface area (Å²) in [5.41, 5.74) is 0. The second kappa shape index (κ2) is 57.7. The van der Waals surface area contributed by atoms with Crippen molar-refractivity contribution >= 4 is 13.7 Å². The van der Waals surface area contributed by atoms with Gasteiger partial charge in [0.25, 0.3) is 0 Å². The Balaban J connectivity index is 3.85. The zero-order chi connectivity index (χ0) is 54.9. The maximum absolute atomic E-state index is 13.0. The Morgan fingerprint density at radius 1 is 0.440 bits per heavy atom. The number of nitrogens with zero attached hydrogens (tertiary/aromatic N) is 1. The van der Waals surface area contributed by atoms with Crippen LogP contribution in [0.1, 0.15) is 341 Å². The van der Waals surface area contributed by atoms with Crippen LogP contribution in [0.15, 0.2) is 24.3 Å². The van der Waals surface area contributed by atoms with E-state index in [1.165, 1.54) is 283 Å². The Labute approximate surface area is 468 Å². The molecule has 8 nitrogen and oxygen atoms in total. The number of unbranched alkanes of at least 4 members (excludes halogenated alkanes) is 47. The van der Waals surface area contributed by atoms with Gasteiger partial charge in [-0.05, 0) is 44.9 Å². The van der Waals surface area contributed by atoms with Gasteiger partial charge in [-0.1, -0.05) is 314 Å². The third-order valence-electron chi connectivity index (χ3n) is 15.4. The van der Waals surface area contributed by atoms with Crippen molar-refractivity contribution in [2.45, 2.75) is 353 Å². The van der Waals surface area contributed by atoms with E-state index in [1.54, 1.807) is 6.08 Å². The second-order valence-corrected chi connectivity index (χ2v) is 25.7. The van der Waals surface area contributed by atoms with Gasteiger partial charge in [-0.3, -0.25) is 13.8 Å². The lowest BCUT2D eigenvalue weighted by Crippen LogP contribution is -2.45. The maximum Gasteiger partial charge on any atom is 0.472 e. The Hall–Kier alpha value is -1.02. The minimum absolute atomic E-state index is 0.0644. The van der Waals surface area contributed by atoms with E-state index in [1.807, 2.05) is 27.2 Å². The molecule has 3 N–H and O–H groups in total. The number of allylic oxidation sites excluding steroid dienone is 3. The van der Waals surface area contributed by atoms with Gasteiger partial charge in [0, 0.05) is 6.42 Å². The molecule has 0 heterocycles. The molecule has 0 saturated heterocycles. The number of phosphoric acid groups is 1. The Kier molecular flexibility index (Phi) is 56.9. The highest BCUT2D eigenvalue weighted by molar-refractivity contribution is 7.47. The highest BCUT2D eigenvalue weighted by Crippen LogP contribution is 2.43. The lowest BCUT2D eigenvalue weighted by atomic mass is 10.0.